The Kier molecular flexibility index (Phi) is 5.05. The van der Waals surface area contributed by atoms with Gasteiger partial charge >= 0.3 is 6.09 Å². The summed E-state index contributed by atoms with van der Waals surface area (Å²) in [5.41, 5.74) is 2.07. The molecule has 1 saturated heterocycles. The highest BCUT2D eigenvalue weighted by Gasteiger charge is 2.58. The summed E-state index contributed by atoms with van der Waals surface area (Å²) in [6.45, 7) is 1.58. The number of carbonyl (C=O) groups is 5. The molecule has 1 fully saturated rings. The molecule has 0 unspecified atom stereocenters. The molecule has 3 aliphatic carbocycles. The molecule has 0 spiro atoms. The van der Waals surface area contributed by atoms with Gasteiger partial charge in [-0.25, -0.2) is 4.79 Å². The van der Waals surface area contributed by atoms with E-state index < -0.39 is 41.6 Å². The standard InChI is InChI=1S/C29H23NO7/c1-13-11-21(32)24-19(26(13)33)12-18-16(8-9-17-22(18)28(35)30(27(17)34)29(36)37-2)25(24)23-15-6-4-3-5-14(15)7-10-20(23)31/h3-8,10-11,17-18,22,25,31H,9,12H2,1-2H3/t17-,18+,22-,25+/m0/s1. The van der Waals surface area contributed by atoms with Crippen molar-refractivity contribution in [2.45, 2.75) is 25.7 Å². The van der Waals surface area contributed by atoms with Gasteiger partial charge < -0.3 is 9.84 Å². The van der Waals surface area contributed by atoms with Crippen LogP contribution in [0.4, 0.5) is 4.79 Å². The second kappa shape index (κ2) is 8.09. The summed E-state index contributed by atoms with van der Waals surface area (Å²) in [6.07, 6.45) is 2.42. The predicted molar refractivity (Wildman–Crippen MR) is 131 cm³/mol. The lowest BCUT2D eigenvalue weighted by Crippen LogP contribution is -2.40. The zero-order valence-electron chi connectivity index (χ0n) is 20.2. The number of rotatable bonds is 1. The van der Waals surface area contributed by atoms with E-state index in [1.165, 1.54) is 6.08 Å². The van der Waals surface area contributed by atoms with E-state index in [2.05, 4.69) is 4.74 Å². The van der Waals surface area contributed by atoms with Crippen LogP contribution in [0.15, 0.2) is 70.8 Å². The predicted octanol–water partition coefficient (Wildman–Crippen LogP) is 3.74. The van der Waals surface area contributed by atoms with E-state index in [9.17, 15) is 29.1 Å². The number of methoxy groups -OCH3 is 1. The van der Waals surface area contributed by atoms with Crippen molar-refractivity contribution in [2.75, 3.05) is 7.11 Å². The lowest BCUT2D eigenvalue weighted by atomic mass is 9.59. The smallest absolute Gasteiger partial charge is 0.423 e. The summed E-state index contributed by atoms with van der Waals surface area (Å²) in [6, 6.07) is 10.8. The molecule has 0 aromatic heterocycles. The van der Waals surface area contributed by atoms with Gasteiger partial charge in [0.15, 0.2) is 11.6 Å². The fourth-order valence-corrected chi connectivity index (χ4v) is 6.57. The minimum absolute atomic E-state index is 0.0317. The molecule has 8 heteroatoms. The molecule has 0 saturated carbocycles. The van der Waals surface area contributed by atoms with Crippen molar-refractivity contribution >= 4 is 40.2 Å². The number of nitrogens with zero attached hydrogens (tertiary/aromatic N) is 1. The summed E-state index contributed by atoms with van der Waals surface area (Å²) in [4.78, 5) is 66.1. The third-order valence-corrected chi connectivity index (χ3v) is 8.16. The first-order chi connectivity index (χ1) is 17.7. The third kappa shape index (κ3) is 3.11. The number of ether oxygens (including phenoxy) is 1. The van der Waals surface area contributed by atoms with Gasteiger partial charge in [0.1, 0.15) is 5.75 Å². The second-order valence-electron chi connectivity index (χ2n) is 9.93. The van der Waals surface area contributed by atoms with Crippen molar-refractivity contribution in [3.05, 3.63) is 76.4 Å². The minimum Gasteiger partial charge on any atom is -0.508 e. The maximum absolute atomic E-state index is 13.4. The Morgan fingerprint density at radius 2 is 1.78 bits per heavy atom. The van der Waals surface area contributed by atoms with Gasteiger partial charge in [-0.3, -0.25) is 19.2 Å². The fourth-order valence-electron chi connectivity index (χ4n) is 6.57. The van der Waals surface area contributed by atoms with Crippen LogP contribution in [-0.2, 0) is 23.9 Å². The molecule has 4 atom stereocenters. The normalized spacial score (nSPS) is 27.0. The highest BCUT2D eigenvalue weighted by Crippen LogP contribution is 2.57. The quantitative estimate of drug-likeness (QED) is 0.362. The molecule has 0 radical (unpaired) electrons. The fraction of sp³-hybridized carbons (Fsp3) is 0.276. The number of fused-ring (bicyclic) bond motifs is 4. The number of ketones is 2. The van der Waals surface area contributed by atoms with Crippen molar-refractivity contribution in [1.82, 2.24) is 4.90 Å². The Labute approximate surface area is 211 Å². The molecule has 3 amide bonds. The summed E-state index contributed by atoms with van der Waals surface area (Å²) in [5, 5.41) is 12.7. The summed E-state index contributed by atoms with van der Waals surface area (Å²) < 4.78 is 4.68. The minimum atomic E-state index is -1.03. The van der Waals surface area contributed by atoms with Crippen LogP contribution in [0.5, 0.6) is 5.75 Å². The van der Waals surface area contributed by atoms with Crippen LogP contribution in [0.3, 0.4) is 0 Å². The number of aromatic hydroxyl groups is 1. The van der Waals surface area contributed by atoms with E-state index in [-0.39, 0.29) is 30.2 Å². The number of imide groups is 3. The average molecular weight is 498 g/mol. The average Bonchev–Trinajstić information content (AvgIpc) is 3.15. The van der Waals surface area contributed by atoms with Gasteiger partial charge in [0.25, 0.3) is 0 Å². The van der Waals surface area contributed by atoms with E-state index in [1.807, 2.05) is 30.3 Å². The largest absolute Gasteiger partial charge is 0.508 e. The number of amides is 3. The van der Waals surface area contributed by atoms with Crippen LogP contribution in [0.2, 0.25) is 0 Å². The first-order valence-corrected chi connectivity index (χ1v) is 12.1. The van der Waals surface area contributed by atoms with Gasteiger partial charge in [0.05, 0.1) is 18.9 Å². The number of hydrogen-bond acceptors (Lipinski definition) is 7. The number of hydrogen-bond donors (Lipinski definition) is 1. The van der Waals surface area contributed by atoms with Gasteiger partial charge in [0, 0.05) is 28.2 Å². The van der Waals surface area contributed by atoms with Crippen LogP contribution < -0.4 is 0 Å². The molecule has 186 valence electrons. The van der Waals surface area contributed by atoms with Crippen LogP contribution in [-0.4, -0.2) is 46.6 Å². The van der Waals surface area contributed by atoms with Crippen molar-refractivity contribution in [3.8, 4) is 5.75 Å². The number of Topliss-reactive ketones (excluding diaryl/α,β-unsaturated/α-hetero) is 1. The van der Waals surface area contributed by atoms with E-state index in [4.69, 9.17) is 0 Å². The molecule has 37 heavy (non-hydrogen) atoms. The number of carbonyl (C=O) groups excluding carboxylic acids is 5. The molecule has 8 nitrogen and oxygen atoms in total. The SMILES string of the molecule is COC(=O)N1C(=O)[C@H]2[C@H](CC=C3[C@H](c4c(O)ccc5ccccc45)C4=C(C[C@H]32)C(=O)C(C)=CC4=O)C1=O. The number of phenolic OH excluding ortho intramolecular Hbond substituents is 1. The molecule has 1 heterocycles. The molecule has 6 rings (SSSR count). The van der Waals surface area contributed by atoms with Gasteiger partial charge in [-0.1, -0.05) is 42.0 Å². The van der Waals surface area contributed by atoms with Crippen LogP contribution in [0.1, 0.15) is 31.2 Å². The van der Waals surface area contributed by atoms with Gasteiger partial charge in [0.2, 0.25) is 11.8 Å². The van der Waals surface area contributed by atoms with Gasteiger partial charge in [-0.2, -0.15) is 4.90 Å². The topological polar surface area (TPSA) is 118 Å². The summed E-state index contributed by atoms with van der Waals surface area (Å²) in [7, 11) is 1.10. The maximum atomic E-state index is 13.4. The zero-order chi connectivity index (χ0) is 26.2. The molecule has 1 N–H and O–H groups in total. The number of benzene rings is 2. The van der Waals surface area contributed by atoms with Crippen molar-refractivity contribution in [1.29, 1.82) is 0 Å². The highest BCUT2D eigenvalue weighted by atomic mass is 16.5. The van der Waals surface area contributed by atoms with Gasteiger partial charge in [-0.15, -0.1) is 0 Å². The van der Waals surface area contributed by atoms with Crippen molar-refractivity contribution < 1.29 is 33.8 Å². The maximum Gasteiger partial charge on any atom is 0.423 e. The van der Waals surface area contributed by atoms with Gasteiger partial charge in [-0.05, 0) is 48.6 Å². The Balaban J connectivity index is 1.60. The summed E-state index contributed by atoms with van der Waals surface area (Å²) in [5.74, 6) is -4.95. The number of allylic oxidation sites excluding steroid dienone is 6. The Morgan fingerprint density at radius 1 is 1.03 bits per heavy atom. The molecular formula is C29H23NO7. The first kappa shape index (κ1) is 23.1. The van der Waals surface area contributed by atoms with Crippen LogP contribution in [0, 0.1) is 17.8 Å². The molecule has 0 bridgehead atoms. The molecule has 2 aromatic rings. The van der Waals surface area contributed by atoms with E-state index in [0.717, 1.165) is 17.9 Å². The monoisotopic (exact) mass is 497 g/mol. The zero-order valence-corrected chi connectivity index (χ0v) is 20.2. The summed E-state index contributed by atoms with van der Waals surface area (Å²) >= 11 is 0. The van der Waals surface area contributed by atoms with Crippen molar-refractivity contribution in [3.63, 3.8) is 0 Å². The molecule has 4 aliphatic rings. The molecule has 1 aliphatic heterocycles. The Morgan fingerprint density at radius 3 is 2.54 bits per heavy atom. The van der Waals surface area contributed by atoms with Crippen LogP contribution >= 0.6 is 0 Å². The number of phenols is 1. The lowest BCUT2D eigenvalue weighted by molar-refractivity contribution is -0.137. The van der Waals surface area contributed by atoms with E-state index in [1.54, 1.807) is 19.1 Å². The highest BCUT2D eigenvalue weighted by molar-refractivity contribution is 6.24. The molecular weight excluding hydrogens is 474 g/mol. The number of likely N-dealkylation sites (tertiary alicyclic amines) is 1. The molecule has 2 aromatic carbocycles. The first-order valence-electron chi connectivity index (χ1n) is 12.1. The lowest BCUT2D eigenvalue weighted by Gasteiger charge is -2.42. The Hall–Kier alpha value is -4.33. The van der Waals surface area contributed by atoms with E-state index >= 15 is 0 Å². The van der Waals surface area contributed by atoms with Crippen molar-refractivity contribution in [2.24, 2.45) is 17.8 Å². The van der Waals surface area contributed by atoms with E-state index in [0.29, 0.717) is 32.8 Å². The Bertz CT molecular complexity index is 1560. The van der Waals surface area contributed by atoms with Crippen LogP contribution in [0.25, 0.3) is 10.8 Å². The second-order valence-corrected chi connectivity index (χ2v) is 9.93. The third-order valence-electron chi connectivity index (χ3n) is 8.16.